The Morgan fingerprint density at radius 1 is 1.00 bits per heavy atom. The number of hydrogen-bond acceptors (Lipinski definition) is 4. The van der Waals surface area contributed by atoms with Crippen molar-refractivity contribution in [1.82, 2.24) is 4.90 Å². The van der Waals surface area contributed by atoms with Crippen LogP contribution in [0.4, 0.5) is 5.69 Å². The number of rotatable bonds is 7. The first-order valence-corrected chi connectivity index (χ1v) is 10.8. The summed E-state index contributed by atoms with van der Waals surface area (Å²) in [5.41, 5.74) is 9.79. The fourth-order valence-electron chi connectivity index (χ4n) is 4.09. The number of amides is 2. The zero-order valence-electron chi connectivity index (χ0n) is 18.0. The molecule has 0 radical (unpaired) electrons. The number of carboxylic acid groups (broad SMARTS) is 1. The molecule has 1 aliphatic rings. The third-order valence-electron chi connectivity index (χ3n) is 5.87. The Labute approximate surface area is 191 Å². The van der Waals surface area contributed by atoms with Gasteiger partial charge in [0.1, 0.15) is 6.04 Å². The highest BCUT2D eigenvalue weighted by Crippen LogP contribution is 2.24. The first kappa shape index (κ1) is 22.2. The van der Waals surface area contributed by atoms with Crippen LogP contribution >= 0.6 is 0 Å². The van der Waals surface area contributed by atoms with Crippen molar-refractivity contribution in [2.45, 2.75) is 25.4 Å². The van der Waals surface area contributed by atoms with E-state index >= 15 is 0 Å². The lowest BCUT2D eigenvalue weighted by Crippen LogP contribution is -2.51. The maximum absolute atomic E-state index is 13.4. The van der Waals surface area contributed by atoms with Crippen molar-refractivity contribution in [2.24, 2.45) is 5.73 Å². The van der Waals surface area contributed by atoms with Gasteiger partial charge in [-0.1, -0.05) is 42.5 Å². The molecule has 0 bridgehead atoms. The number of carbonyl (C=O) groups excluding carboxylic acids is 2. The molecule has 3 aromatic carbocycles. The smallest absolute Gasteiger partial charge is 0.335 e. The molecule has 0 saturated carbocycles. The highest BCUT2D eigenvalue weighted by Gasteiger charge is 2.34. The molecule has 0 aromatic heterocycles. The van der Waals surface area contributed by atoms with Crippen molar-refractivity contribution >= 4 is 23.5 Å². The van der Waals surface area contributed by atoms with Gasteiger partial charge in [-0.25, -0.2) is 4.79 Å². The van der Waals surface area contributed by atoms with Crippen molar-refractivity contribution in [3.8, 4) is 0 Å². The second-order valence-electron chi connectivity index (χ2n) is 8.02. The Bertz CT molecular complexity index is 1180. The summed E-state index contributed by atoms with van der Waals surface area (Å²) in [5.74, 6) is -1.54. The molecule has 4 rings (SSSR count). The van der Waals surface area contributed by atoms with Crippen molar-refractivity contribution in [3.63, 3.8) is 0 Å². The van der Waals surface area contributed by atoms with Crippen LogP contribution in [0.15, 0.2) is 72.8 Å². The van der Waals surface area contributed by atoms with Crippen LogP contribution in [0.3, 0.4) is 0 Å². The summed E-state index contributed by atoms with van der Waals surface area (Å²) in [6.45, 7) is 0.827. The number of hydrogen-bond donors (Lipinski definition) is 3. The molecule has 168 valence electrons. The molecule has 1 aliphatic heterocycles. The fraction of sp³-hybridized carbons (Fsp3) is 0.192. The summed E-state index contributed by atoms with van der Waals surface area (Å²) >= 11 is 0. The molecule has 2 amide bonds. The van der Waals surface area contributed by atoms with Crippen LogP contribution in [0.2, 0.25) is 0 Å². The Hall–Kier alpha value is -3.97. The lowest BCUT2D eigenvalue weighted by atomic mass is 9.94. The van der Waals surface area contributed by atoms with Crippen LogP contribution in [-0.4, -0.2) is 40.4 Å². The zero-order chi connectivity index (χ0) is 23.4. The monoisotopic (exact) mass is 443 g/mol. The van der Waals surface area contributed by atoms with Gasteiger partial charge < -0.3 is 21.1 Å². The molecule has 4 N–H and O–H groups in total. The Morgan fingerprint density at radius 3 is 2.39 bits per heavy atom. The minimum atomic E-state index is -1.04. The molecular weight excluding hydrogens is 418 g/mol. The van der Waals surface area contributed by atoms with E-state index < -0.39 is 12.0 Å². The molecule has 33 heavy (non-hydrogen) atoms. The zero-order valence-corrected chi connectivity index (χ0v) is 18.0. The van der Waals surface area contributed by atoms with Crippen LogP contribution in [0.5, 0.6) is 0 Å². The molecule has 0 aliphatic carbocycles. The third-order valence-corrected chi connectivity index (χ3v) is 5.87. The summed E-state index contributed by atoms with van der Waals surface area (Å²) in [5, 5.41) is 11.9. The number of fused-ring (bicyclic) bond motifs is 1. The largest absolute Gasteiger partial charge is 0.478 e. The number of carboxylic acids is 1. The van der Waals surface area contributed by atoms with Gasteiger partial charge in [0.05, 0.1) is 5.56 Å². The minimum Gasteiger partial charge on any atom is -0.478 e. The van der Waals surface area contributed by atoms with Crippen LogP contribution in [0.25, 0.3) is 0 Å². The van der Waals surface area contributed by atoms with Crippen LogP contribution in [-0.2, 0) is 24.2 Å². The third kappa shape index (κ3) is 4.94. The van der Waals surface area contributed by atoms with Crippen LogP contribution in [0.1, 0.15) is 37.4 Å². The van der Waals surface area contributed by atoms with Crippen LogP contribution in [0, 0.1) is 0 Å². The molecular formula is C26H25N3O4. The second kappa shape index (κ2) is 9.67. The molecule has 1 heterocycles. The highest BCUT2D eigenvalue weighted by molar-refractivity contribution is 6.02. The molecule has 0 saturated heterocycles. The van der Waals surface area contributed by atoms with Gasteiger partial charge in [0, 0.05) is 30.8 Å². The van der Waals surface area contributed by atoms with E-state index in [1.54, 1.807) is 23.1 Å². The first-order valence-electron chi connectivity index (χ1n) is 10.8. The molecule has 3 aromatic rings. The minimum absolute atomic E-state index is 0.133. The fourth-order valence-corrected chi connectivity index (χ4v) is 4.09. The number of nitrogens with one attached hydrogen (secondary N) is 1. The second-order valence-corrected chi connectivity index (χ2v) is 8.02. The van der Waals surface area contributed by atoms with E-state index in [0.717, 1.165) is 16.7 Å². The van der Waals surface area contributed by atoms with E-state index in [4.69, 9.17) is 10.8 Å². The topological polar surface area (TPSA) is 113 Å². The SMILES string of the molecule is NCc1ccc2c(c1)CCN(C(Cc1ccccc1)C(=O)Nc1ccc(C(=O)O)cc1)C2=O. The molecule has 1 unspecified atom stereocenters. The van der Waals surface area contributed by atoms with E-state index in [2.05, 4.69) is 5.32 Å². The highest BCUT2D eigenvalue weighted by atomic mass is 16.4. The predicted molar refractivity (Wildman–Crippen MR) is 125 cm³/mol. The quantitative estimate of drug-likeness (QED) is 0.519. The van der Waals surface area contributed by atoms with Gasteiger partial charge in [0.15, 0.2) is 0 Å². The van der Waals surface area contributed by atoms with Gasteiger partial charge >= 0.3 is 5.97 Å². The average molecular weight is 444 g/mol. The van der Waals surface area contributed by atoms with Gasteiger partial charge in [-0.2, -0.15) is 0 Å². The van der Waals surface area contributed by atoms with E-state index in [9.17, 15) is 14.4 Å². The Balaban J connectivity index is 1.61. The number of anilines is 1. The van der Waals surface area contributed by atoms with Gasteiger partial charge in [-0.3, -0.25) is 9.59 Å². The van der Waals surface area contributed by atoms with E-state index in [1.165, 1.54) is 12.1 Å². The normalized spacial score (nSPS) is 13.8. The summed E-state index contributed by atoms with van der Waals surface area (Å²) in [4.78, 5) is 39.4. The molecule has 7 heteroatoms. The Kier molecular flexibility index (Phi) is 6.51. The summed E-state index contributed by atoms with van der Waals surface area (Å²) in [7, 11) is 0. The predicted octanol–water partition coefficient (Wildman–Crippen LogP) is 3.09. The van der Waals surface area contributed by atoms with Crippen molar-refractivity contribution in [3.05, 3.63) is 101 Å². The lowest BCUT2D eigenvalue weighted by molar-refractivity contribution is -0.120. The number of nitrogens with zero attached hydrogens (tertiary/aromatic N) is 1. The van der Waals surface area contributed by atoms with Gasteiger partial charge in [0.2, 0.25) is 5.91 Å². The standard InChI is InChI=1S/C26H25N3O4/c27-16-18-6-11-22-20(14-18)12-13-29(25(22)31)23(15-17-4-2-1-3-5-17)24(30)28-21-9-7-19(8-10-21)26(32)33/h1-11,14,23H,12-13,15-16,27H2,(H,28,30)(H,32,33). The van der Waals surface area contributed by atoms with E-state index in [-0.39, 0.29) is 17.4 Å². The van der Waals surface area contributed by atoms with E-state index in [1.807, 2.05) is 42.5 Å². The van der Waals surface area contributed by atoms with Crippen molar-refractivity contribution < 1.29 is 19.5 Å². The van der Waals surface area contributed by atoms with E-state index in [0.29, 0.717) is 37.2 Å². The van der Waals surface area contributed by atoms with Crippen molar-refractivity contribution in [1.29, 1.82) is 0 Å². The van der Waals surface area contributed by atoms with Gasteiger partial charge in [-0.05, 0) is 53.4 Å². The number of benzene rings is 3. The van der Waals surface area contributed by atoms with Gasteiger partial charge in [0.25, 0.3) is 5.91 Å². The van der Waals surface area contributed by atoms with Crippen molar-refractivity contribution in [2.75, 3.05) is 11.9 Å². The Morgan fingerprint density at radius 2 is 1.73 bits per heavy atom. The number of nitrogens with two attached hydrogens (primary N) is 1. The maximum atomic E-state index is 13.4. The summed E-state index contributed by atoms with van der Waals surface area (Å²) in [6.07, 6.45) is 1.00. The molecule has 7 nitrogen and oxygen atoms in total. The number of carbonyl (C=O) groups is 3. The lowest BCUT2D eigenvalue weighted by Gasteiger charge is -2.35. The van der Waals surface area contributed by atoms with Crippen LogP contribution < -0.4 is 11.1 Å². The number of aromatic carboxylic acids is 1. The summed E-state index contributed by atoms with van der Waals surface area (Å²) in [6, 6.07) is 20.4. The molecule has 0 spiro atoms. The molecule has 1 atom stereocenters. The molecule has 0 fully saturated rings. The summed E-state index contributed by atoms with van der Waals surface area (Å²) < 4.78 is 0. The average Bonchev–Trinajstić information content (AvgIpc) is 2.84. The first-order chi connectivity index (χ1) is 16.0. The van der Waals surface area contributed by atoms with Gasteiger partial charge in [-0.15, -0.1) is 0 Å². The maximum Gasteiger partial charge on any atom is 0.335 e.